The van der Waals surface area contributed by atoms with Crippen molar-refractivity contribution >= 4 is 11.8 Å². The average Bonchev–Trinajstić information content (AvgIpc) is 3.33. The smallest absolute Gasteiger partial charge is 0.325 e. The van der Waals surface area contributed by atoms with Gasteiger partial charge in [0.1, 0.15) is 12.0 Å². The summed E-state index contributed by atoms with van der Waals surface area (Å²) in [6.07, 6.45) is -1.31. The van der Waals surface area contributed by atoms with Gasteiger partial charge < -0.3 is 4.90 Å². The Bertz CT molecular complexity index is 1230. The van der Waals surface area contributed by atoms with E-state index in [1.165, 1.54) is 17.0 Å². The lowest BCUT2D eigenvalue weighted by atomic mass is 9.72. The van der Waals surface area contributed by atoms with Crippen molar-refractivity contribution in [1.82, 2.24) is 35.4 Å². The maximum atomic E-state index is 15.0. The molecule has 5 atom stereocenters. The van der Waals surface area contributed by atoms with E-state index in [9.17, 15) is 22.8 Å². The summed E-state index contributed by atoms with van der Waals surface area (Å²) in [5.41, 5.74) is 6.42. The van der Waals surface area contributed by atoms with Crippen LogP contribution in [-0.2, 0) is 17.4 Å². The summed E-state index contributed by atoms with van der Waals surface area (Å²) >= 11 is 0. The number of nitrogens with one attached hydrogen (secondary N) is 2. The van der Waals surface area contributed by atoms with Crippen molar-refractivity contribution in [3.05, 3.63) is 46.8 Å². The van der Waals surface area contributed by atoms with Crippen molar-refractivity contribution in [1.29, 1.82) is 0 Å². The maximum absolute atomic E-state index is 15.0. The fraction of sp³-hybridized carbons (Fsp3) is 0.600. The first-order valence-corrected chi connectivity index (χ1v) is 12.8. The number of alkyl halides is 3. The Labute approximate surface area is 217 Å². The number of carbonyl (C=O) groups excluding carboxylic acids is 2. The molecule has 13 heteroatoms. The summed E-state index contributed by atoms with van der Waals surface area (Å²) in [4.78, 5) is 28.8. The third-order valence-electron chi connectivity index (χ3n) is 8.10. The molecular weight excluding hydrogens is 506 g/mol. The number of likely N-dealkylation sites (N-methyl/N-ethyl adjacent to an activating group) is 1. The van der Waals surface area contributed by atoms with Crippen LogP contribution in [0, 0.1) is 17.7 Å². The molecule has 5 rings (SSSR count). The molecule has 9 nitrogen and oxygen atoms in total. The molecule has 2 N–H and O–H groups in total. The summed E-state index contributed by atoms with van der Waals surface area (Å²) in [5.74, 6) is -2.41. The summed E-state index contributed by atoms with van der Waals surface area (Å²) in [6.45, 7) is 1.45. The van der Waals surface area contributed by atoms with E-state index in [1.54, 1.807) is 32.0 Å². The van der Waals surface area contributed by atoms with Gasteiger partial charge in [-0.25, -0.2) is 9.82 Å². The zero-order valence-electron chi connectivity index (χ0n) is 21.4. The van der Waals surface area contributed by atoms with E-state index in [0.29, 0.717) is 6.42 Å². The molecule has 5 unspecified atom stereocenters. The molecule has 0 spiro atoms. The number of benzene rings is 1. The van der Waals surface area contributed by atoms with Gasteiger partial charge in [-0.05, 0) is 63.9 Å². The van der Waals surface area contributed by atoms with Crippen molar-refractivity contribution in [3.8, 4) is 0 Å². The van der Waals surface area contributed by atoms with E-state index in [2.05, 4.69) is 21.0 Å². The molecule has 38 heavy (non-hydrogen) atoms. The minimum Gasteiger partial charge on any atom is -0.325 e. The molecular formula is C25H31F4N7O2. The largest absolute Gasteiger partial charge is 0.451 e. The minimum absolute atomic E-state index is 0.00279. The zero-order valence-corrected chi connectivity index (χ0v) is 21.4. The van der Waals surface area contributed by atoms with Crippen molar-refractivity contribution < 1.29 is 27.2 Å². The molecule has 2 aliphatic heterocycles. The van der Waals surface area contributed by atoms with Crippen LogP contribution in [0.15, 0.2) is 18.2 Å². The fourth-order valence-corrected chi connectivity index (χ4v) is 6.09. The summed E-state index contributed by atoms with van der Waals surface area (Å²) in [5, 5.41) is 7.13. The Morgan fingerprint density at radius 3 is 2.63 bits per heavy atom. The van der Waals surface area contributed by atoms with Gasteiger partial charge in [0.25, 0.3) is 5.91 Å². The number of hydrogen-bond donors (Lipinski definition) is 2. The molecule has 3 aliphatic rings. The molecule has 1 saturated heterocycles. The van der Waals surface area contributed by atoms with Crippen LogP contribution in [0.3, 0.4) is 0 Å². The molecule has 0 bridgehead atoms. The van der Waals surface area contributed by atoms with Gasteiger partial charge in [-0.2, -0.15) is 13.2 Å². The molecule has 2 amide bonds. The van der Waals surface area contributed by atoms with Gasteiger partial charge in [-0.1, -0.05) is 18.9 Å². The second-order valence-electron chi connectivity index (χ2n) is 10.6. The van der Waals surface area contributed by atoms with Gasteiger partial charge in [-0.15, -0.1) is 10.2 Å². The number of halogens is 4. The van der Waals surface area contributed by atoms with Gasteiger partial charge in [-0.3, -0.25) is 24.5 Å². The van der Waals surface area contributed by atoms with Gasteiger partial charge in [0.2, 0.25) is 11.7 Å². The van der Waals surface area contributed by atoms with Gasteiger partial charge in [0, 0.05) is 12.0 Å². The van der Waals surface area contributed by atoms with Crippen molar-refractivity contribution in [3.63, 3.8) is 0 Å². The number of carbonyl (C=O) groups is 2. The van der Waals surface area contributed by atoms with Crippen molar-refractivity contribution in [2.75, 3.05) is 20.6 Å². The van der Waals surface area contributed by atoms with Crippen LogP contribution in [-0.4, -0.2) is 63.1 Å². The van der Waals surface area contributed by atoms with Crippen LogP contribution in [0.1, 0.15) is 72.4 Å². The predicted octanol–water partition coefficient (Wildman–Crippen LogP) is 3.07. The van der Waals surface area contributed by atoms with Crippen LogP contribution in [0.25, 0.3) is 0 Å². The molecule has 2 aromatic rings. The van der Waals surface area contributed by atoms with Crippen molar-refractivity contribution in [2.24, 2.45) is 11.8 Å². The number of hydrogen-bond acceptors (Lipinski definition) is 6. The van der Waals surface area contributed by atoms with Gasteiger partial charge in [0.15, 0.2) is 5.82 Å². The lowest BCUT2D eigenvalue weighted by Crippen LogP contribution is -2.60. The number of aromatic nitrogens is 3. The molecule has 1 aliphatic carbocycles. The monoisotopic (exact) mass is 537 g/mol. The molecule has 1 aromatic carbocycles. The van der Waals surface area contributed by atoms with Crippen LogP contribution in [0.5, 0.6) is 0 Å². The summed E-state index contributed by atoms with van der Waals surface area (Å²) in [7, 11) is 3.20. The van der Waals surface area contributed by atoms with Crippen LogP contribution in [0.2, 0.25) is 0 Å². The average molecular weight is 538 g/mol. The Morgan fingerprint density at radius 1 is 1.18 bits per heavy atom. The third-order valence-corrected chi connectivity index (χ3v) is 8.10. The first kappa shape index (κ1) is 26.5. The molecule has 2 fully saturated rings. The number of hydrazine groups is 1. The van der Waals surface area contributed by atoms with Crippen LogP contribution in [0.4, 0.5) is 17.6 Å². The number of fused-ring (bicyclic) bond motifs is 2. The van der Waals surface area contributed by atoms with Gasteiger partial charge >= 0.3 is 6.18 Å². The van der Waals surface area contributed by atoms with Crippen molar-refractivity contribution in [2.45, 2.75) is 63.5 Å². The highest BCUT2D eigenvalue weighted by Crippen LogP contribution is 2.38. The molecule has 0 radical (unpaired) electrons. The van der Waals surface area contributed by atoms with E-state index < -0.39 is 35.9 Å². The molecule has 206 valence electrons. The van der Waals surface area contributed by atoms with E-state index in [-0.39, 0.29) is 41.7 Å². The Balaban J connectivity index is 1.42. The van der Waals surface area contributed by atoms with E-state index in [0.717, 1.165) is 35.8 Å². The quantitative estimate of drug-likeness (QED) is 0.583. The molecule has 3 heterocycles. The molecule has 1 saturated carbocycles. The Morgan fingerprint density at radius 2 is 1.92 bits per heavy atom. The third kappa shape index (κ3) is 4.66. The number of nitrogens with zero attached hydrogens (tertiary/aromatic N) is 5. The summed E-state index contributed by atoms with van der Waals surface area (Å²) < 4.78 is 56.8. The molecule has 1 aromatic heterocycles. The Hall–Kier alpha value is -3.06. The topological polar surface area (TPSA) is 95.4 Å². The van der Waals surface area contributed by atoms with E-state index >= 15 is 4.39 Å². The highest BCUT2D eigenvalue weighted by molar-refractivity contribution is 5.95. The fourth-order valence-electron chi connectivity index (χ4n) is 6.09. The first-order valence-electron chi connectivity index (χ1n) is 12.8. The van der Waals surface area contributed by atoms with Crippen LogP contribution < -0.4 is 10.9 Å². The highest BCUT2D eigenvalue weighted by Gasteiger charge is 2.46. The SMILES string of the molecule is CC1c2nnc(C(F)(F)F)n2C(N(C)C)CN1C(=O)c1cc(CC2NNC(=O)C3CCCCC23)ccc1F. The number of amides is 2. The zero-order chi connectivity index (χ0) is 27.4. The first-order chi connectivity index (χ1) is 18.0. The Kier molecular flexibility index (Phi) is 6.93. The lowest BCUT2D eigenvalue weighted by Gasteiger charge is -2.41. The lowest BCUT2D eigenvalue weighted by molar-refractivity contribution is -0.150. The van der Waals surface area contributed by atoms with Crippen LogP contribution >= 0.6 is 0 Å². The number of rotatable bonds is 4. The predicted molar refractivity (Wildman–Crippen MR) is 128 cm³/mol. The normalized spacial score (nSPS) is 27.6. The minimum atomic E-state index is -4.71. The van der Waals surface area contributed by atoms with Gasteiger partial charge in [0.05, 0.1) is 18.2 Å². The summed E-state index contributed by atoms with van der Waals surface area (Å²) in [6, 6.07) is 3.45. The standard InChI is InChI=1S/C25H31F4N7O2/c1-13-21-31-33-24(25(27,28)29)36(21)20(34(2)3)12-35(13)23(38)17-10-14(8-9-18(17)26)11-19-15-6-4-5-7-16(15)22(37)32-30-19/h8-10,13,15-16,19-20,30H,4-7,11-12H2,1-3H3,(H,32,37). The second kappa shape index (κ2) is 9.92. The second-order valence-corrected chi connectivity index (χ2v) is 10.6. The maximum Gasteiger partial charge on any atom is 0.451 e. The van der Waals surface area contributed by atoms with E-state index in [4.69, 9.17) is 0 Å². The van der Waals surface area contributed by atoms with E-state index in [1.807, 2.05) is 0 Å². The highest BCUT2D eigenvalue weighted by atomic mass is 19.4.